The van der Waals surface area contributed by atoms with Gasteiger partial charge in [-0.25, -0.2) is 4.79 Å². The van der Waals surface area contributed by atoms with Crippen LogP contribution in [0.2, 0.25) is 0 Å². The molecule has 2 amide bonds. The normalized spacial score (nSPS) is 13.6. The van der Waals surface area contributed by atoms with Crippen LogP contribution in [0.5, 0.6) is 0 Å². The Morgan fingerprint density at radius 3 is 2.92 bits per heavy atom. The highest BCUT2D eigenvalue weighted by molar-refractivity contribution is 5.81. The Kier molecular flexibility index (Phi) is 4.26. The van der Waals surface area contributed by atoms with Crippen LogP contribution in [0.25, 0.3) is 11.0 Å². The van der Waals surface area contributed by atoms with Crippen molar-refractivity contribution < 1.29 is 14.3 Å². The van der Waals surface area contributed by atoms with Crippen LogP contribution in [0.15, 0.2) is 47.3 Å². The van der Waals surface area contributed by atoms with Crippen molar-refractivity contribution in [2.24, 2.45) is 7.05 Å². The lowest BCUT2D eigenvalue weighted by atomic mass is 10.00. The molecule has 0 spiro atoms. The molecule has 126 valence electrons. The molecule has 0 bridgehead atoms. The zero-order valence-corrected chi connectivity index (χ0v) is 13.6. The van der Waals surface area contributed by atoms with Crippen molar-refractivity contribution in [3.8, 4) is 0 Å². The minimum absolute atomic E-state index is 0.0800. The number of nitrogens with one attached hydrogen (secondary N) is 2. The molecular formula is C17H20N4O3. The molecule has 2 heterocycles. The number of benzene rings is 1. The van der Waals surface area contributed by atoms with E-state index in [1.807, 2.05) is 24.3 Å². The van der Waals surface area contributed by atoms with Crippen molar-refractivity contribution in [2.45, 2.75) is 19.1 Å². The molecule has 0 unspecified atom stereocenters. The topological polar surface area (TPSA) is 92.3 Å². The molecule has 0 fully saturated rings. The van der Waals surface area contributed by atoms with E-state index in [9.17, 15) is 9.90 Å². The first kappa shape index (κ1) is 16.1. The Morgan fingerprint density at radius 1 is 1.38 bits per heavy atom. The van der Waals surface area contributed by atoms with Crippen LogP contribution < -0.4 is 10.6 Å². The van der Waals surface area contributed by atoms with Gasteiger partial charge in [0.25, 0.3) is 0 Å². The lowest BCUT2D eigenvalue weighted by Gasteiger charge is -2.22. The number of carbonyl (C=O) groups is 1. The standard InChI is InChI=1S/C17H20N4O3/c1-17(23,13-8-20-21(2)9-13)11-19-16(22)18-7-12-10-24-15-6-4-3-5-14(12)15/h3-6,8-10,23H,7,11H2,1-2H3,(H2,18,19,22)/t17-/m0/s1. The molecule has 3 N–H and O–H groups in total. The molecule has 7 heteroatoms. The molecule has 0 radical (unpaired) electrons. The van der Waals surface area contributed by atoms with E-state index in [4.69, 9.17) is 4.42 Å². The number of aliphatic hydroxyl groups is 1. The molecule has 2 aromatic heterocycles. The van der Waals surface area contributed by atoms with Gasteiger partial charge in [-0.2, -0.15) is 5.10 Å². The van der Waals surface area contributed by atoms with Gasteiger partial charge in [0.15, 0.2) is 0 Å². The summed E-state index contributed by atoms with van der Waals surface area (Å²) in [5.74, 6) is 0. The summed E-state index contributed by atoms with van der Waals surface area (Å²) in [5.41, 5.74) is 1.15. The Morgan fingerprint density at radius 2 is 2.17 bits per heavy atom. The molecule has 1 atom stereocenters. The second-order valence-electron chi connectivity index (χ2n) is 5.97. The summed E-state index contributed by atoms with van der Waals surface area (Å²) >= 11 is 0. The summed E-state index contributed by atoms with van der Waals surface area (Å²) in [6, 6.07) is 7.29. The van der Waals surface area contributed by atoms with E-state index in [0.717, 1.165) is 16.5 Å². The number of para-hydroxylation sites is 1. The SMILES string of the molecule is Cn1cc([C@@](C)(O)CNC(=O)NCc2coc3ccccc23)cn1. The van der Waals surface area contributed by atoms with Crippen LogP contribution in [0.4, 0.5) is 4.79 Å². The van der Waals surface area contributed by atoms with Crippen molar-refractivity contribution in [1.29, 1.82) is 0 Å². The summed E-state index contributed by atoms with van der Waals surface area (Å²) in [7, 11) is 1.77. The molecule has 0 aliphatic rings. The van der Waals surface area contributed by atoms with Crippen molar-refractivity contribution in [3.05, 3.63) is 54.0 Å². The molecule has 0 saturated heterocycles. The third-order valence-electron chi connectivity index (χ3n) is 3.92. The molecule has 0 aliphatic carbocycles. The van der Waals surface area contributed by atoms with E-state index in [1.165, 1.54) is 0 Å². The number of rotatable bonds is 5. The number of nitrogens with zero attached hydrogens (tertiary/aromatic N) is 2. The number of fused-ring (bicyclic) bond motifs is 1. The van der Waals surface area contributed by atoms with Gasteiger partial charge in [0, 0.05) is 36.3 Å². The monoisotopic (exact) mass is 328 g/mol. The van der Waals surface area contributed by atoms with Crippen molar-refractivity contribution >= 4 is 17.0 Å². The van der Waals surface area contributed by atoms with Gasteiger partial charge in [0.05, 0.1) is 19.0 Å². The van der Waals surface area contributed by atoms with Gasteiger partial charge in [0.2, 0.25) is 0 Å². The van der Waals surface area contributed by atoms with Crippen molar-refractivity contribution in [3.63, 3.8) is 0 Å². The first-order valence-electron chi connectivity index (χ1n) is 7.64. The average molecular weight is 328 g/mol. The lowest BCUT2D eigenvalue weighted by molar-refractivity contribution is 0.0593. The van der Waals surface area contributed by atoms with E-state index in [2.05, 4.69) is 15.7 Å². The molecule has 24 heavy (non-hydrogen) atoms. The second kappa shape index (κ2) is 6.37. The molecule has 3 rings (SSSR count). The Hall–Kier alpha value is -2.80. The third-order valence-corrected chi connectivity index (χ3v) is 3.92. The number of urea groups is 1. The fourth-order valence-electron chi connectivity index (χ4n) is 2.46. The van der Waals surface area contributed by atoms with Crippen LogP contribution in [0, 0.1) is 0 Å². The maximum absolute atomic E-state index is 12.0. The number of aromatic nitrogens is 2. The maximum Gasteiger partial charge on any atom is 0.315 e. The van der Waals surface area contributed by atoms with Gasteiger partial charge < -0.3 is 20.2 Å². The van der Waals surface area contributed by atoms with Gasteiger partial charge in [-0.15, -0.1) is 0 Å². The first-order chi connectivity index (χ1) is 11.5. The number of hydrogen-bond donors (Lipinski definition) is 3. The zero-order chi connectivity index (χ0) is 17.2. The summed E-state index contributed by atoms with van der Waals surface area (Å²) < 4.78 is 7.04. The molecule has 1 aromatic carbocycles. The summed E-state index contributed by atoms with van der Waals surface area (Å²) in [4.78, 5) is 12.0. The predicted molar refractivity (Wildman–Crippen MR) is 89.2 cm³/mol. The Labute approximate surface area is 139 Å². The van der Waals surface area contributed by atoms with Gasteiger partial charge >= 0.3 is 6.03 Å². The molecule has 0 aliphatic heterocycles. The van der Waals surface area contributed by atoms with E-state index < -0.39 is 5.60 Å². The van der Waals surface area contributed by atoms with E-state index in [-0.39, 0.29) is 12.6 Å². The Balaban J connectivity index is 1.54. The smallest absolute Gasteiger partial charge is 0.315 e. The highest BCUT2D eigenvalue weighted by atomic mass is 16.3. The summed E-state index contributed by atoms with van der Waals surface area (Å²) in [6.07, 6.45) is 4.94. The number of amides is 2. The molecular weight excluding hydrogens is 308 g/mol. The Bertz CT molecular complexity index is 850. The number of carbonyl (C=O) groups excluding carboxylic acids is 1. The summed E-state index contributed by atoms with van der Waals surface area (Å²) in [6.45, 7) is 2.06. The molecule has 0 saturated carbocycles. The lowest BCUT2D eigenvalue weighted by Crippen LogP contribution is -2.43. The minimum atomic E-state index is -1.19. The first-order valence-corrected chi connectivity index (χ1v) is 7.64. The predicted octanol–water partition coefficient (Wildman–Crippen LogP) is 1.87. The van der Waals surface area contributed by atoms with Gasteiger partial charge in [-0.05, 0) is 13.0 Å². The average Bonchev–Trinajstić information content (AvgIpc) is 3.18. The van der Waals surface area contributed by atoms with Crippen LogP contribution in [-0.2, 0) is 19.2 Å². The van der Waals surface area contributed by atoms with E-state index >= 15 is 0 Å². The number of furan rings is 1. The van der Waals surface area contributed by atoms with Crippen LogP contribution in [-0.4, -0.2) is 27.5 Å². The molecule has 3 aromatic rings. The quantitative estimate of drug-likeness (QED) is 0.667. The summed E-state index contributed by atoms with van der Waals surface area (Å²) in [5, 5.41) is 20.9. The van der Waals surface area contributed by atoms with Crippen LogP contribution >= 0.6 is 0 Å². The molecule has 7 nitrogen and oxygen atoms in total. The third kappa shape index (κ3) is 3.41. The zero-order valence-electron chi connectivity index (χ0n) is 13.6. The van der Waals surface area contributed by atoms with E-state index in [0.29, 0.717) is 12.1 Å². The van der Waals surface area contributed by atoms with Crippen LogP contribution in [0.1, 0.15) is 18.1 Å². The van der Waals surface area contributed by atoms with Gasteiger partial charge in [-0.1, -0.05) is 18.2 Å². The highest BCUT2D eigenvalue weighted by Crippen LogP contribution is 2.20. The van der Waals surface area contributed by atoms with E-state index in [1.54, 1.807) is 37.3 Å². The highest BCUT2D eigenvalue weighted by Gasteiger charge is 2.25. The largest absolute Gasteiger partial charge is 0.464 e. The number of hydrogen-bond acceptors (Lipinski definition) is 4. The fraction of sp³-hybridized carbons (Fsp3) is 0.294. The number of aryl methyl sites for hydroxylation is 1. The van der Waals surface area contributed by atoms with Gasteiger partial charge in [0.1, 0.15) is 11.2 Å². The minimum Gasteiger partial charge on any atom is -0.464 e. The second-order valence-corrected chi connectivity index (χ2v) is 5.97. The fourth-order valence-corrected chi connectivity index (χ4v) is 2.46. The van der Waals surface area contributed by atoms with Crippen molar-refractivity contribution in [1.82, 2.24) is 20.4 Å². The maximum atomic E-state index is 12.0. The van der Waals surface area contributed by atoms with Gasteiger partial charge in [-0.3, -0.25) is 4.68 Å². The van der Waals surface area contributed by atoms with Crippen molar-refractivity contribution in [2.75, 3.05) is 6.54 Å². The van der Waals surface area contributed by atoms with Crippen LogP contribution in [0.3, 0.4) is 0 Å².